The molecule has 0 aliphatic heterocycles. The third kappa shape index (κ3) is 8.13. The molecule has 4 amide bonds. The summed E-state index contributed by atoms with van der Waals surface area (Å²) in [5, 5.41) is 2.30. The number of halogens is 2. The van der Waals surface area contributed by atoms with Crippen LogP contribution in [-0.4, -0.2) is 67.8 Å². The van der Waals surface area contributed by atoms with Crippen LogP contribution in [0.25, 0.3) is 0 Å². The topological polar surface area (TPSA) is 184 Å². The molecule has 19 heteroatoms. The van der Waals surface area contributed by atoms with Crippen LogP contribution in [0.4, 0.5) is 21.5 Å². The number of urea groups is 2. The van der Waals surface area contributed by atoms with Crippen LogP contribution < -0.4 is 19.7 Å². The number of imide groups is 1. The molecule has 14 nitrogen and oxygen atoms in total. The van der Waals surface area contributed by atoms with Crippen molar-refractivity contribution in [2.45, 2.75) is 35.7 Å². The van der Waals surface area contributed by atoms with Gasteiger partial charge in [-0.05, 0) is 45.0 Å². The van der Waals surface area contributed by atoms with E-state index in [0.29, 0.717) is 19.6 Å². The minimum Gasteiger partial charge on any atom is -0.354 e. The molecular weight excluding hydrogens is 651 g/mol. The molecule has 0 saturated heterocycles. The number of carbonyl (C=O) groups is 2. The Morgan fingerprint density at radius 3 is 1.69 bits per heavy atom. The average molecular weight is 678 g/mol. The molecule has 0 unspecified atom stereocenters. The highest BCUT2D eigenvalue weighted by molar-refractivity contribution is 7.98. The zero-order valence-corrected chi connectivity index (χ0v) is 26.4. The van der Waals surface area contributed by atoms with Gasteiger partial charge < -0.3 is 10.2 Å². The summed E-state index contributed by atoms with van der Waals surface area (Å²) in [5.74, 6) is 0.298. The molecule has 0 aliphatic carbocycles. The van der Waals surface area contributed by atoms with Crippen LogP contribution in [0.15, 0.2) is 63.5 Å². The molecule has 0 spiro atoms. The van der Waals surface area contributed by atoms with Crippen molar-refractivity contribution in [1.29, 1.82) is 0 Å². The van der Waals surface area contributed by atoms with Gasteiger partial charge in [-0.2, -0.15) is 19.3 Å². The maximum absolute atomic E-state index is 13.3. The average Bonchev–Trinajstić information content (AvgIpc) is 2.92. The molecule has 1 aromatic heterocycles. The molecule has 226 valence electrons. The molecule has 3 aromatic rings. The summed E-state index contributed by atoms with van der Waals surface area (Å²) in [5.41, 5.74) is 0. The highest BCUT2D eigenvalue weighted by atomic mass is 35.5. The standard InChI is InChI=1S/C23H26Cl2N8O6S3/c1-4-26-19-27-20(32(5-2)6-3)29-21(28-19)40-33(22(34)30-41(36,37)17-13-9-7-11-15(17)24)23(35)31-42(38,39)18-14-10-8-12-16(18)25/h7-14H,4-6H2,1-3H3,(H,30,34)(H,31,35)(H,26,27,28,29). The first-order valence-electron chi connectivity index (χ1n) is 12.2. The van der Waals surface area contributed by atoms with E-state index < -0.39 is 41.9 Å². The van der Waals surface area contributed by atoms with E-state index >= 15 is 0 Å². The summed E-state index contributed by atoms with van der Waals surface area (Å²) in [4.78, 5) is 40.3. The van der Waals surface area contributed by atoms with Crippen LogP contribution in [0.1, 0.15) is 20.8 Å². The predicted octanol–water partition coefficient (Wildman–Crippen LogP) is 3.96. The molecular formula is C23H26Cl2N8O6S3. The summed E-state index contributed by atoms with van der Waals surface area (Å²) in [7, 11) is -9.24. The maximum Gasteiger partial charge on any atom is 0.350 e. The Morgan fingerprint density at radius 2 is 1.26 bits per heavy atom. The molecule has 0 aliphatic rings. The molecule has 3 N–H and O–H groups in total. The van der Waals surface area contributed by atoms with Gasteiger partial charge in [-0.25, -0.2) is 35.9 Å². The van der Waals surface area contributed by atoms with Gasteiger partial charge in [0.1, 0.15) is 9.79 Å². The number of aromatic nitrogens is 3. The lowest BCUT2D eigenvalue weighted by Crippen LogP contribution is -2.48. The number of amides is 4. The Bertz CT molecular complexity index is 1580. The van der Waals surface area contributed by atoms with Crippen LogP contribution in [0.5, 0.6) is 0 Å². The summed E-state index contributed by atoms with van der Waals surface area (Å²) in [6, 6.07) is 7.50. The highest BCUT2D eigenvalue weighted by Gasteiger charge is 2.33. The van der Waals surface area contributed by atoms with Gasteiger partial charge in [-0.3, -0.25) is 0 Å². The minimum atomic E-state index is -4.62. The van der Waals surface area contributed by atoms with Gasteiger partial charge in [0.25, 0.3) is 20.0 Å². The second kappa shape index (κ2) is 14.2. The number of hydrogen-bond donors (Lipinski definition) is 3. The van der Waals surface area contributed by atoms with Crippen LogP contribution in [0.3, 0.4) is 0 Å². The first-order chi connectivity index (χ1) is 19.8. The van der Waals surface area contributed by atoms with Crippen LogP contribution in [-0.2, 0) is 20.0 Å². The first-order valence-corrected chi connectivity index (χ1v) is 16.7. The summed E-state index contributed by atoms with van der Waals surface area (Å²) >= 11 is 12.3. The molecule has 0 radical (unpaired) electrons. The molecule has 0 bridgehead atoms. The summed E-state index contributed by atoms with van der Waals surface area (Å²) < 4.78 is 55.6. The van der Waals surface area contributed by atoms with Gasteiger partial charge in [-0.1, -0.05) is 47.5 Å². The van der Waals surface area contributed by atoms with E-state index in [1.807, 2.05) is 13.8 Å². The predicted molar refractivity (Wildman–Crippen MR) is 160 cm³/mol. The van der Waals surface area contributed by atoms with Crippen molar-refractivity contribution in [2.24, 2.45) is 0 Å². The normalized spacial score (nSPS) is 11.5. The van der Waals surface area contributed by atoms with Gasteiger partial charge in [0.2, 0.25) is 17.1 Å². The van der Waals surface area contributed by atoms with Crippen LogP contribution in [0.2, 0.25) is 10.0 Å². The third-order valence-corrected chi connectivity index (χ3v) is 9.72. The van der Waals surface area contributed by atoms with E-state index in [0.717, 1.165) is 12.1 Å². The van der Waals surface area contributed by atoms with Crippen LogP contribution >= 0.6 is 35.1 Å². The number of hydrogen-bond acceptors (Lipinski definition) is 12. The molecule has 0 fully saturated rings. The first kappa shape index (κ1) is 33.1. The van der Waals surface area contributed by atoms with E-state index in [9.17, 15) is 26.4 Å². The highest BCUT2D eigenvalue weighted by Crippen LogP contribution is 2.26. The number of carbonyl (C=O) groups excluding carboxylic acids is 2. The molecule has 42 heavy (non-hydrogen) atoms. The Hall–Kier alpha value is -3.38. The van der Waals surface area contributed by atoms with Crippen molar-refractivity contribution in [2.75, 3.05) is 29.9 Å². The van der Waals surface area contributed by atoms with Crippen molar-refractivity contribution in [3.05, 3.63) is 58.6 Å². The number of benzene rings is 2. The SMILES string of the molecule is CCNc1nc(SN(C(=O)NS(=O)(=O)c2ccccc2Cl)C(=O)NS(=O)(=O)c2ccccc2Cl)nc(N(CC)CC)n1. The second-order valence-corrected chi connectivity index (χ2v) is 13.0. The Kier molecular flexibility index (Phi) is 11.2. The smallest absolute Gasteiger partial charge is 0.350 e. The van der Waals surface area contributed by atoms with E-state index in [1.54, 1.807) is 21.3 Å². The van der Waals surface area contributed by atoms with Gasteiger partial charge in [0, 0.05) is 31.6 Å². The van der Waals surface area contributed by atoms with Gasteiger partial charge >= 0.3 is 12.1 Å². The quantitative estimate of drug-likeness (QED) is 0.249. The summed E-state index contributed by atoms with van der Waals surface area (Å²) in [6.07, 6.45) is 0. The third-order valence-electron chi connectivity index (χ3n) is 5.22. The van der Waals surface area contributed by atoms with Crippen molar-refractivity contribution >= 4 is 79.2 Å². The maximum atomic E-state index is 13.3. The molecule has 0 atom stereocenters. The van der Waals surface area contributed by atoms with Gasteiger partial charge in [-0.15, -0.1) is 0 Å². The van der Waals surface area contributed by atoms with Crippen molar-refractivity contribution in [3.63, 3.8) is 0 Å². The number of nitrogens with one attached hydrogen (secondary N) is 3. The van der Waals surface area contributed by atoms with Crippen LogP contribution in [0, 0.1) is 0 Å². The number of nitrogens with zero attached hydrogens (tertiary/aromatic N) is 5. The monoisotopic (exact) mass is 676 g/mol. The molecule has 1 heterocycles. The number of sulfonamides is 2. The van der Waals surface area contributed by atoms with Gasteiger partial charge in [0.15, 0.2) is 0 Å². The Morgan fingerprint density at radius 1 is 0.786 bits per heavy atom. The number of anilines is 2. The Balaban J connectivity index is 2.05. The fraction of sp³-hybridized carbons (Fsp3) is 0.261. The Labute approximate surface area is 257 Å². The van der Waals surface area contributed by atoms with Crippen molar-refractivity contribution < 1.29 is 26.4 Å². The van der Waals surface area contributed by atoms with Crippen molar-refractivity contribution in [1.82, 2.24) is 28.7 Å². The zero-order valence-electron chi connectivity index (χ0n) is 22.4. The fourth-order valence-corrected chi connectivity index (χ4v) is 6.97. The van der Waals surface area contributed by atoms with Gasteiger partial charge in [0.05, 0.1) is 10.0 Å². The fourth-order valence-electron chi connectivity index (χ4n) is 3.28. The lowest BCUT2D eigenvalue weighted by atomic mass is 10.4. The lowest BCUT2D eigenvalue weighted by molar-refractivity contribution is 0.216. The zero-order chi connectivity index (χ0) is 31.1. The lowest BCUT2D eigenvalue weighted by Gasteiger charge is -2.22. The van der Waals surface area contributed by atoms with E-state index in [1.165, 1.54) is 36.4 Å². The largest absolute Gasteiger partial charge is 0.354 e. The second-order valence-electron chi connectivity index (χ2n) is 8.01. The summed E-state index contributed by atoms with van der Waals surface area (Å²) in [6.45, 7) is 6.95. The van der Waals surface area contributed by atoms with E-state index in [4.69, 9.17) is 23.2 Å². The number of rotatable bonds is 11. The minimum absolute atomic E-state index is 0.102. The van der Waals surface area contributed by atoms with Crippen molar-refractivity contribution in [3.8, 4) is 0 Å². The van der Waals surface area contributed by atoms with E-state index in [-0.39, 0.29) is 43.4 Å². The molecule has 2 aromatic carbocycles. The molecule has 3 rings (SSSR count). The molecule has 0 saturated carbocycles. The van der Waals surface area contributed by atoms with E-state index in [2.05, 4.69) is 20.3 Å².